The number of nitrogens with one attached hydrogen (secondary N) is 1. The van der Waals surface area contributed by atoms with Crippen molar-refractivity contribution in [1.82, 2.24) is 15.5 Å². The van der Waals surface area contributed by atoms with E-state index in [0.29, 0.717) is 23.7 Å². The van der Waals surface area contributed by atoms with Crippen molar-refractivity contribution >= 4 is 11.6 Å². The van der Waals surface area contributed by atoms with Crippen LogP contribution < -0.4 is 5.32 Å². The van der Waals surface area contributed by atoms with Crippen LogP contribution in [-0.2, 0) is 11.2 Å². The van der Waals surface area contributed by atoms with Crippen molar-refractivity contribution in [2.45, 2.75) is 31.7 Å². The number of non-ortho nitro benzene ring substituents is 1. The molecule has 4 rings (SSSR count). The molecule has 3 aromatic rings. The number of nitrogens with zero attached hydrogens (tertiary/aromatic N) is 3. The van der Waals surface area contributed by atoms with Crippen LogP contribution in [0.25, 0.3) is 11.4 Å². The van der Waals surface area contributed by atoms with Crippen LogP contribution in [0.2, 0.25) is 0 Å². The lowest BCUT2D eigenvalue weighted by molar-refractivity contribution is -0.384. The molecule has 1 aromatic heterocycles. The van der Waals surface area contributed by atoms with Crippen LogP contribution in [0.3, 0.4) is 0 Å². The third-order valence-electron chi connectivity index (χ3n) is 5.15. The first-order valence-electron chi connectivity index (χ1n) is 9.53. The van der Waals surface area contributed by atoms with Gasteiger partial charge in [0.2, 0.25) is 17.6 Å². The summed E-state index contributed by atoms with van der Waals surface area (Å²) < 4.78 is 5.45. The van der Waals surface area contributed by atoms with Gasteiger partial charge in [-0.3, -0.25) is 14.9 Å². The molecule has 8 heteroatoms. The Hall–Kier alpha value is -3.55. The first-order valence-corrected chi connectivity index (χ1v) is 9.53. The SMILES string of the molecule is O=C(N[C@@H](Cc1ccccc1)c1nc(-c2ccc([N+](=O)[O-])cc2)no1)C1CCC1. The third kappa shape index (κ3) is 4.31. The predicted octanol–water partition coefficient (Wildman–Crippen LogP) is 3.84. The fourth-order valence-electron chi connectivity index (χ4n) is 3.24. The van der Waals surface area contributed by atoms with Gasteiger partial charge in [-0.15, -0.1) is 0 Å². The summed E-state index contributed by atoms with van der Waals surface area (Å²) in [6.07, 6.45) is 3.41. The molecule has 1 heterocycles. The van der Waals surface area contributed by atoms with Crippen LogP contribution in [-0.4, -0.2) is 21.0 Å². The summed E-state index contributed by atoms with van der Waals surface area (Å²) in [6.45, 7) is 0. The lowest BCUT2D eigenvalue weighted by Gasteiger charge is -2.26. The number of nitro groups is 1. The van der Waals surface area contributed by atoms with Gasteiger partial charge in [-0.1, -0.05) is 41.9 Å². The van der Waals surface area contributed by atoms with Crippen LogP contribution in [0, 0.1) is 16.0 Å². The number of benzene rings is 2. The Balaban J connectivity index is 1.56. The van der Waals surface area contributed by atoms with Crippen molar-refractivity contribution in [3.63, 3.8) is 0 Å². The van der Waals surface area contributed by atoms with Crippen LogP contribution >= 0.6 is 0 Å². The number of hydrogen-bond acceptors (Lipinski definition) is 6. The summed E-state index contributed by atoms with van der Waals surface area (Å²) >= 11 is 0. The van der Waals surface area contributed by atoms with Gasteiger partial charge in [0.15, 0.2) is 0 Å². The third-order valence-corrected chi connectivity index (χ3v) is 5.15. The topological polar surface area (TPSA) is 111 Å². The Morgan fingerprint density at radius 1 is 1.17 bits per heavy atom. The van der Waals surface area contributed by atoms with Gasteiger partial charge in [-0.05, 0) is 30.5 Å². The van der Waals surface area contributed by atoms with E-state index in [4.69, 9.17) is 4.52 Å². The molecule has 29 heavy (non-hydrogen) atoms. The maximum atomic E-state index is 12.5. The Morgan fingerprint density at radius 3 is 2.52 bits per heavy atom. The second kappa shape index (κ2) is 8.22. The molecule has 0 saturated heterocycles. The maximum Gasteiger partial charge on any atom is 0.269 e. The Labute approximate surface area is 167 Å². The molecule has 1 amide bonds. The number of amides is 1. The summed E-state index contributed by atoms with van der Waals surface area (Å²) in [5.74, 6) is 0.693. The number of carbonyl (C=O) groups is 1. The Bertz CT molecular complexity index is 997. The van der Waals surface area contributed by atoms with E-state index in [2.05, 4.69) is 15.5 Å². The summed E-state index contributed by atoms with van der Waals surface area (Å²) in [6, 6.07) is 15.3. The van der Waals surface area contributed by atoms with Gasteiger partial charge in [0.25, 0.3) is 5.69 Å². The van der Waals surface area contributed by atoms with E-state index in [1.54, 1.807) is 12.1 Å². The fourth-order valence-corrected chi connectivity index (χ4v) is 3.24. The minimum Gasteiger partial charge on any atom is -0.344 e. The van der Waals surface area contributed by atoms with Crippen LogP contribution in [0.1, 0.15) is 36.8 Å². The van der Waals surface area contributed by atoms with E-state index in [9.17, 15) is 14.9 Å². The molecule has 2 aromatic carbocycles. The van der Waals surface area contributed by atoms with Crippen molar-refractivity contribution < 1.29 is 14.2 Å². The maximum absolute atomic E-state index is 12.5. The van der Waals surface area contributed by atoms with Gasteiger partial charge in [0, 0.05) is 30.0 Å². The van der Waals surface area contributed by atoms with E-state index in [0.717, 1.165) is 24.8 Å². The Morgan fingerprint density at radius 2 is 1.90 bits per heavy atom. The van der Waals surface area contributed by atoms with E-state index in [1.807, 2.05) is 30.3 Å². The fraction of sp³-hybridized carbons (Fsp3) is 0.286. The summed E-state index contributed by atoms with van der Waals surface area (Å²) in [7, 11) is 0. The zero-order valence-corrected chi connectivity index (χ0v) is 15.7. The van der Waals surface area contributed by atoms with Gasteiger partial charge in [0.1, 0.15) is 6.04 Å². The molecular formula is C21H20N4O4. The van der Waals surface area contributed by atoms with E-state index in [-0.39, 0.29) is 17.5 Å². The van der Waals surface area contributed by atoms with Gasteiger partial charge >= 0.3 is 0 Å². The lowest BCUT2D eigenvalue weighted by atomic mass is 9.84. The molecular weight excluding hydrogens is 372 g/mol. The van der Waals surface area contributed by atoms with Gasteiger partial charge < -0.3 is 9.84 Å². The lowest BCUT2D eigenvalue weighted by Crippen LogP contribution is -2.37. The highest BCUT2D eigenvalue weighted by Crippen LogP contribution is 2.28. The van der Waals surface area contributed by atoms with Gasteiger partial charge in [-0.2, -0.15) is 4.98 Å². The van der Waals surface area contributed by atoms with Crippen molar-refractivity contribution in [1.29, 1.82) is 0 Å². The molecule has 1 fully saturated rings. The molecule has 1 aliphatic carbocycles. The second-order valence-corrected chi connectivity index (χ2v) is 7.14. The molecule has 0 radical (unpaired) electrons. The normalized spacial score (nSPS) is 14.8. The summed E-state index contributed by atoms with van der Waals surface area (Å²) in [5, 5.41) is 17.9. The first-order chi connectivity index (χ1) is 14.1. The van der Waals surface area contributed by atoms with Crippen molar-refractivity contribution in [3.8, 4) is 11.4 Å². The molecule has 0 unspecified atom stereocenters. The molecule has 1 N–H and O–H groups in total. The number of aromatic nitrogens is 2. The highest BCUT2D eigenvalue weighted by atomic mass is 16.6. The van der Waals surface area contributed by atoms with Crippen LogP contribution in [0.15, 0.2) is 59.1 Å². The average molecular weight is 392 g/mol. The Kier molecular flexibility index (Phi) is 5.33. The van der Waals surface area contributed by atoms with Crippen molar-refractivity contribution in [2.24, 2.45) is 5.92 Å². The number of nitro benzene ring substituents is 1. The van der Waals surface area contributed by atoms with Crippen LogP contribution in [0.5, 0.6) is 0 Å². The molecule has 1 atom stereocenters. The van der Waals surface area contributed by atoms with Crippen molar-refractivity contribution in [3.05, 3.63) is 76.2 Å². The van der Waals surface area contributed by atoms with Gasteiger partial charge in [0.05, 0.1) is 4.92 Å². The predicted molar refractivity (Wildman–Crippen MR) is 105 cm³/mol. The molecule has 0 aliphatic heterocycles. The zero-order valence-electron chi connectivity index (χ0n) is 15.7. The zero-order chi connectivity index (χ0) is 20.2. The smallest absolute Gasteiger partial charge is 0.269 e. The van der Waals surface area contributed by atoms with E-state index in [1.165, 1.54) is 12.1 Å². The molecule has 1 saturated carbocycles. The number of carbonyl (C=O) groups excluding carboxylic acids is 1. The molecule has 0 bridgehead atoms. The number of rotatable bonds is 7. The van der Waals surface area contributed by atoms with E-state index >= 15 is 0 Å². The molecule has 8 nitrogen and oxygen atoms in total. The highest BCUT2D eigenvalue weighted by Gasteiger charge is 2.29. The first kappa shape index (κ1) is 18.8. The number of hydrogen-bond donors (Lipinski definition) is 1. The largest absolute Gasteiger partial charge is 0.344 e. The molecule has 0 spiro atoms. The minimum atomic E-state index is -0.461. The molecule has 148 valence electrons. The summed E-state index contributed by atoms with van der Waals surface area (Å²) in [4.78, 5) is 27.3. The monoisotopic (exact) mass is 392 g/mol. The summed E-state index contributed by atoms with van der Waals surface area (Å²) in [5.41, 5.74) is 1.64. The van der Waals surface area contributed by atoms with E-state index < -0.39 is 11.0 Å². The van der Waals surface area contributed by atoms with Crippen molar-refractivity contribution in [2.75, 3.05) is 0 Å². The standard InChI is InChI=1S/C21H20N4O4/c26-20(16-7-4-8-16)22-18(13-14-5-2-1-3-6-14)21-23-19(24-29-21)15-9-11-17(12-10-15)25(27)28/h1-3,5-6,9-12,16,18H,4,7-8,13H2,(H,22,26)/t18-/m0/s1. The highest BCUT2D eigenvalue weighted by molar-refractivity contribution is 5.79. The quantitative estimate of drug-likeness (QED) is 0.483. The second-order valence-electron chi connectivity index (χ2n) is 7.14. The minimum absolute atomic E-state index is 0.00673. The average Bonchev–Trinajstić information content (AvgIpc) is 3.17. The van der Waals surface area contributed by atoms with Crippen LogP contribution in [0.4, 0.5) is 5.69 Å². The van der Waals surface area contributed by atoms with Gasteiger partial charge in [-0.25, -0.2) is 0 Å². The molecule has 1 aliphatic rings.